The zero-order valence-corrected chi connectivity index (χ0v) is 20.9. The molecule has 0 saturated carbocycles. The summed E-state index contributed by atoms with van der Waals surface area (Å²) in [5.41, 5.74) is 3.70. The molecule has 1 N–H and O–H groups in total. The van der Waals surface area contributed by atoms with Gasteiger partial charge in [0.25, 0.3) is 0 Å². The van der Waals surface area contributed by atoms with E-state index in [2.05, 4.69) is 23.1 Å². The lowest BCUT2D eigenvalue weighted by Crippen LogP contribution is -2.28. The van der Waals surface area contributed by atoms with Crippen molar-refractivity contribution in [1.82, 2.24) is 4.90 Å². The summed E-state index contributed by atoms with van der Waals surface area (Å²) in [6.45, 7) is 2.42. The fourth-order valence-electron chi connectivity index (χ4n) is 4.39. The minimum Gasteiger partial charge on any atom is -0.506 e. The molecule has 1 heterocycles. The lowest BCUT2D eigenvalue weighted by atomic mass is 9.93. The molecule has 0 amide bonds. The smallest absolute Gasteiger partial charge is 0.193 e. The van der Waals surface area contributed by atoms with Crippen molar-refractivity contribution in [2.24, 2.45) is 0 Å². The Morgan fingerprint density at radius 1 is 0.972 bits per heavy atom. The molecule has 1 aliphatic rings. The van der Waals surface area contributed by atoms with Crippen LogP contribution in [0, 0.1) is 0 Å². The number of rotatable bonds is 9. The van der Waals surface area contributed by atoms with Gasteiger partial charge in [-0.1, -0.05) is 54.6 Å². The highest BCUT2D eigenvalue weighted by Crippen LogP contribution is 2.44. The fraction of sp³-hybridized carbons (Fsp3) is 0.233. The Hall–Kier alpha value is -4.03. The van der Waals surface area contributed by atoms with Crippen LogP contribution in [0.15, 0.2) is 72.8 Å². The predicted octanol–water partition coefficient (Wildman–Crippen LogP) is 5.60. The highest BCUT2D eigenvalue weighted by molar-refractivity contribution is 6.11. The Balaban J connectivity index is 1.61. The van der Waals surface area contributed by atoms with Crippen LogP contribution in [0.5, 0.6) is 23.0 Å². The van der Waals surface area contributed by atoms with E-state index < -0.39 is 0 Å². The van der Waals surface area contributed by atoms with Gasteiger partial charge in [0.1, 0.15) is 28.6 Å². The first-order valence-electron chi connectivity index (χ1n) is 11.8. The second kappa shape index (κ2) is 11.6. The number of benzene rings is 3. The van der Waals surface area contributed by atoms with Crippen molar-refractivity contribution in [2.75, 3.05) is 34.4 Å². The summed E-state index contributed by atoms with van der Waals surface area (Å²) in [5, 5.41) is 11.3. The second-order valence-electron chi connectivity index (χ2n) is 8.55. The number of hydrogen-bond acceptors (Lipinski definition) is 6. The van der Waals surface area contributed by atoms with Crippen LogP contribution < -0.4 is 14.2 Å². The number of aromatic hydroxyl groups is 1. The highest BCUT2D eigenvalue weighted by atomic mass is 16.5. The topological polar surface area (TPSA) is 68.2 Å². The van der Waals surface area contributed by atoms with Crippen LogP contribution >= 0.6 is 0 Å². The van der Waals surface area contributed by atoms with Gasteiger partial charge in [-0.3, -0.25) is 9.69 Å². The molecule has 3 aromatic rings. The number of hydrogen-bond donors (Lipinski definition) is 1. The molecule has 0 aliphatic carbocycles. The van der Waals surface area contributed by atoms with Crippen molar-refractivity contribution < 1.29 is 24.1 Å². The molecule has 1 aliphatic heterocycles. The number of phenols is 1. The summed E-state index contributed by atoms with van der Waals surface area (Å²) in [7, 11) is 4.63. The first-order chi connectivity index (χ1) is 17.5. The van der Waals surface area contributed by atoms with Crippen LogP contribution in [-0.4, -0.2) is 50.2 Å². The number of carbonyl (C=O) groups is 1. The zero-order valence-electron chi connectivity index (χ0n) is 20.9. The minimum absolute atomic E-state index is 0.116. The van der Waals surface area contributed by atoms with Crippen molar-refractivity contribution in [3.8, 4) is 23.0 Å². The van der Waals surface area contributed by atoms with Crippen LogP contribution in [0.2, 0.25) is 0 Å². The Bertz CT molecular complexity index is 1260. The Kier molecular flexibility index (Phi) is 8.08. The molecule has 0 radical (unpaired) electrons. The average molecular weight is 486 g/mol. The largest absolute Gasteiger partial charge is 0.506 e. The third-order valence-corrected chi connectivity index (χ3v) is 6.32. The number of methoxy groups -OCH3 is 3. The van der Waals surface area contributed by atoms with E-state index in [1.807, 2.05) is 42.5 Å². The van der Waals surface area contributed by atoms with Gasteiger partial charge in [0.2, 0.25) is 0 Å². The van der Waals surface area contributed by atoms with Crippen LogP contribution in [0.3, 0.4) is 0 Å². The van der Waals surface area contributed by atoms with Crippen LogP contribution in [0.4, 0.5) is 0 Å². The number of phenolic OH excluding ortho intramolecular Hbond substituents is 1. The standard InChI is InChI=1S/C30H31NO5/c1-34-24-12-9-21(10-13-24)11-14-25(32)29-27(36-3)19-26(35-2)28(30(29)33)23-15-17-31(18-16-23)20-22-7-5-4-6-8-22/h4-15,19,33H,16-18,20H2,1-3H3/b14-11+. The molecular weight excluding hydrogens is 454 g/mol. The van der Waals surface area contributed by atoms with E-state index in [1.165, 1.54) is 18.7 Å². The number of ether oxygens (including phenoxy) is 3. The summed E-state index contributed by atoms with van der Waals surface area (Å²) in [6.07, 6.45) is 5.95. The van der Waals surface area contributed by atoms with Crippen molar-refractivity contribution in [2.45, 2.75) is 13.0 Å². The predicted molar refractivity (Wildman–Crippen MR) is 142 cm³/mol. The Morgan fingerprint density at radius 2 is 1.69 bits per heavy atom. The molecule has 6 heteroatoms. The maximum absolute atomic E-state index is 13.2. The maximum atomic E-state index is 13.2. The molecule has 4 rings (SSSR count). The molecule has 6 nitrogen and oxygen atoms in total. The number of ketones is 1. The maximum Gasteiger partial charge on any atom is 0.193 e. The van der Waals surface area contributed by atoms with Crippen LogP contribution in [-0.2, 0) is 6.54 Å². The molecule has 0 spiro atoms. The number of allylic oxidation sites excluding steroid dienone is 1. The third-order valence-electron chi connectivity index (χ3n) is 6.32. The lowest BCUT2D eigenvalue weighted by molar-refractivity contribution is 0.104. The monoisotopic (exact) mass is 485 g/mol. The van der Waals surface area contributed by atoms with Crippen molar-refractivity contribution in [3.63, 3.8) is 0 Å². The molecule has 0 bridgehead atoms. The molecule has 36 heavy (non-hydrogen) atoms. The summed E-state index contributed by atoms with van der Waals surface area (Å²) >= 11 is 0. The van der Waals surface area contributed by atoms with E-state index in [9.17, 15) is 9.90 Å². The highest BCUT2D eigenvalue weighted by Gasteiger charge is 2.26. The average Bonchev–Trinajstić information content (AvgIpc) is 2.92. The van der Waals surface area contributed by atoms with Crippen molar-refractivity contribution >= 4 is 17.4 Å². The normalized spacial score (nSPS) is 13.9. The molecule has 0 unspecified atom stereocenters. The molecule has 3 aromatic carbocycles. The van der Waals surface area contributed by atoms with Gasteiger partial charge in [-0.05, 0) is 41.3 Å². The minimum atomic E-state index is -0.355. The van der Waals surface area contributed by atoms with Gasteiger partial charge < -0.3 is 19.3 Å². The van der Waals surface area contributed by atoms with E-state index in [4.69, 9.17) is 14.2 Å². The molecule has 0 atom stereocenters. The summed E-state index contributed by atoms with van der Waals surface area (Å²) in [4.78, 5) is 15.6. The number of carbonyl (C=O) groups excluding carboxylic acids is 1. The van der Waals surface area contributed by atoms with Gasteiger partial charge in [0, 0.05) is 25.7 Å². The van der Waals surface area contributed by atoms with Gasteiger partial charge in [0.15, 0.2) is 5.78 Å². The summed E-state index contributed by atoms with van der Waals surface area (Å²) < 4.78 is 16.2. The van der Waals surface area contributed by atoms with Crippen molar-refractivity contribution in [1.29, 1.82) is 0 Å². The third kappa shape index (κ3) is 5.61. The quantitative estimate of drug-likeness (QED) is 0.314. The lowest BCUT2D eigenvalue weighted by Gasteiger charge is -2.28. The van der Waals surface area contributed by atoms with Gasteiger partial charge >= 0.3 is 0 Å². The van der Waals surface area contributed by atoms with E-state index in [1.54, 1.807) is 26.4 Å². The van der Waals surface area contributed by atoms with Gasteiger partial charge in [0.05, 0.1) is 26.9 Å². The molecule has 0 saturated heterocycles. The molecule has 0 aromatic heterocycles. The van der Waals surface area contributed by atoms with Crippen molar-refractivity contribution in [3.05, 3.63) is 95.1 Å². The van der Waals surface area contributed by atoms with Crippen LogP contribution in [0.25, 0.3) is 11.6 Å². The first-order valence-corrected chi connectivity index (χ1v) is 11.8. The Morgan fingerprint density at radius 3 is 2.31 bits per heavy atom. The Labute approximate surface area is 212 Å². The SMILES string of the molecule is COc1ccc(/C=C/C(=O)c2c(OC)cc(OC)c(C3=CCN(Cc4ccccc4)CC3)c2O)cc1. The first kappa shape index (κ1) is 25.1. The van der Waals surface area contributed by atoms with Gasteiger partial charge in [-0.2, -0.15) is 0 Å². The van der Waals surface area contributed by atoms with E-state index in [-0.39, 0.29) is 22.8 Å². The number of nitrogens with zero attached hydrogens (tertiary/aromatic N) is 1. The van der Waals surface area contributed by atoms with E-state index in [0.717, 1.165) is 42.9 Å². The molecular formula is C30H31NO5. The zero-order chi connectivity index (χ0) is 25.5. The van der Waals surface area contributed by atoms with Gasteiger partial charge in [-0.15, -0.1) is 0 Å². The van der Waals surface area contributed by atoms with Crippen LogP contribution in [0.1, 0.15) is 33.5 Å². The molecule has 186 valence electrons. The fourth-order valence-corrected chi connectivity index (χ4v) is 4.39. The summed E-state index contributed by atoms with van der Waals surface area (Å²) in [6, 6.07) is 19.4. The second-order valence-corrected chi connectivity index (χ2v) is 8.55. The van der Waals surface area contributed by atoms with E-state index >= 15 is 0 Å². The molecule has 0 fully saturated rings. The van der Waals surface area contributed by atoms with Gasteiger partial charge in [-0.25, -0.2) is 0 Å². The van der Waals surface area contributed by atoms with E-state index in [0.29, 0.717) is 11.3 Å². The summed E-state index contributed by atoms with van der Waals surface area (Å²) in [5.74, 6) is 0.993.